The number of carbonyl (C=O) groups is 1. The molecule has 0 fully saturated rings. The molecule has 2 aromatic carbocycles. The van der Waals surface area contributed by atoms with Crippen LogP contribution in [0.5, 0.6) is 5.75 Å². The molecule has 0 saturated carbocycles. The predicted molar refractivity (Wildman–Crippen MR) is 84.8 cm³/mol. The van der Waals surface area contributed by atoms with E-state index in [9.17, 15) is 9.90 Å². The quantitative estimate of drug-likeness (QED) is 0.947. The van der Waals surface area contributed by atoms with Gasteiger partial charge in [0, 0.05) is 0 Å². The summed E-state index contributed by atoms with van der Waals surface area (Å²) < 4.78 is 5.70. The summed E-state index contributed by atoms with van der Waals surface area (Å²) in [7, 11) is 0. The molecule has 0 radical (unpaired) electrons. The van der Waals surface area contributed by atoms with Gasteiger partial charge in [-0.25, -0.2) is 0 Å². The molecular formula is C18H19NO3. The first-order chi connectivity index (χ1) is 10.6. The number of fused-ring (bicyclic) bond motifs is 1. The van der Waals surface area contributed by atoms with E-state index in [1.807, 2.05) is 49.4 Å². The van der Waals surface area contributed by atoms with Crippen molar-refractivity contribution in [3.8, 4) is 5.75 Å². The molecule has 0 aliphatic carbocycles. The molecule has 4 nitrogen and oxygen atoms in total. The molecule has 2 aromatic rings. The SMILES string of the molecule is CC1Oc2cc(CO)ccc2N(C(C)c2ccccc2)C1=O. The van der Waals surface area contributed by atoms with Crippen LogP contribution in [0.4, 0.5) is 5.69 Å². The molecule has 1 amide bonds. The molecular weight excluding hydrogens is 278 g/mol. The molecule has 0 bridgehead atoms. The van der Waals surface area contributed by atoms with Crippen molar-refractivity contribution in [3.05, 3.63) is 59.7 Å². The van der Waals surface area contributed by atoms with Crippen LogP contribution in [0.3, 0.4) is 0 Å². The summed E-state index contributed by atoms with van der Waals surface area (Å²) in [6.45, 7) is 3.71. The molecule has 4 heteroatoms. The maximum atomic E-state index is 12.6. The Hall–Kier alpha value is -2.33. The van der Waals surface area contributed by atoms with Crippen molar-refractivity contribution in [1.82, 2.24) is 0 Å². The van der Waals surface area contributed by atoms with Crippen molar-refractivity contribution in [2.75, 3.05) is 4.90 Å². The van der Waals surface area contributed by atoms with E-state index >= 15 is 0 Å². The zero-order valence-electron chi connectivity index (χ0n) is 12.7. The first kappa shape index (κ1) is 14.6. The zero-order chi connectivity index (χ0) is 15.7. The molecule has 2 unspecified atom stereocenters. The lowest BCUT2D eigenvalue weighted by molar-refractivity contribution is -0.126. The fraction of sp³-hybridized carbons (Fsp3) is 0.278. The van der Waals surface area contributed by atoms with Gasteiger partial charge < -0.3 is 9.84 Å². The molecule has 22 heavy (non-hydrogen) atoms. The minimum absolute atomic E-state index is 0.0484. The fourth-order valence-corrected chi connectivity index (χ4v) is 2.79. The summed E-state index contributed by atoms with van der Waals surface area (Å²) in [5.74, 6) is 0.585. The van der Waals surface area contributed by atoms with E-state index in [4.69, 9.17) is 4.74 Å². The number of aliphatic hydroxyl groups excluding tert-OH is 1. The minimum Gasteiger partial charge on any atom is -0.479 e. The van der Waals surface area contributed by atoms with Gasteiger partial charge in [-0.05, 0) is 37.1 Å². The number of hydrogen-bond acceptors (Lipinski definition) is 3. The van der Waals surface area contributed by atoms with E-state index in [2.05, 4.69) is 0 Å². The largest absolute Gasteiger partial charge is 0.479 e. The number of carbonyl (C=O) groups excluding carboxylic acids is 1. The summed E-state index contributed by atoms with van der Waals surface area (Å²) in [5.41, 5.74) is 2.59. The Kier molecular flexibility index (Phi) is 3.86. The van der Waals surface area contributed by atoms with Crippen LogP contribution in [0.15, 0.2) is 48.5 Å². The minimum atomic E-state index is -0.535. The van der Waals surface area contributed by atoms with Gasteiger partial charge in [-0.3, -0.25) is 9.69 Å². The second-order valence-electron chi connectivity index (χ2n) is 5.52. The first-order valence-corrected chi connectivity index (χ1v) is 7.40. The molecule has 1 N–H and O–H groups in total. The standard InChI is InChI=1S/C18H19NO3/c1-12(15-6-4-3-5-7-15)19-16-9-8-14(11-20)10-17(16)22-13(2)18(19)21/h3-10,12-13,20H,11H2,1-2H3. The van der Waals surface area contributed by atoms with Crippen molar-refractivity contribution in [2.24, 2.45) is 0 Å². The van der Waals surface area contributed by atoms with Gasteiger partial charge in [0.1, 0.15) is 5.75 Å². The van der Waals surface area contributed by atoms with Crippen LogP contribution in [0, 0.1) is 0 Å². The van der Waals surface area contributed by atoms with E-state index in [1.54, 1.807) is 17.9 Å². The van der Waals surface area contributed by atoms with Gasteiger partial charge in [0.25, 0.3) is 5.91 Å². The van der Waals surface area contributed by atoms with E-state index in [-0.39, 0.29) is 18.6 Å². The number of aliphatic hydroxyl groups is 1. The number of rotatable bonds is 3. The first-order valence-electron chi connectivity index (χ1n) is 7.40. The van der Waals surface area contributed by atoms with Gasteiger partial charge in [0.05, 0.1) is 18.3 Å². The summed E-state index contributed by atoms with van der Waals surface area (Å²) in [5, 5.41) is 9.27. The maximum Gasteiger partial charge on any atom is 0.268 e. The molecule has 1 aliphatic rings. The van der Waals surface area contributed by atoms with Gasteiger partial charge in [-0.2, -0.15) is 0 Å². The van der Waals surface area contributed by atoms with Crippen LogP contribution in [0.1, 0.15) is 31.0 Å². The highest BCUT2D eigenvalue weighted by molar-refractivity contribution is 6.00. The smallest absolute Gasteiger partial charge is 0.268 e. The Morgan fingerprint density at radius 1 is 1.23 bits per heavy atom. The Bertz CT molecular complexity index is 684. The summed E-state index contributed by atoms with van der Waals surface area (Å²) in [6, 6.07) is 15.3. The Morgan fingerprint density at radius 2 is 1.95 bits per heavy atom. The number of nitrogens with zero attached hydrogens (tertiary/aromatic N) is 1. The normalized spacial score (nSPS) is 18.6. The monoisotopic (exact) mass is 297 g/mol. The van der Waals surface area contributed by atoms with Crippen molar-refractivity contribution in [1.29, 1.82) is 0 Å². The van der Waals surface area contributed by atoms with Crippen molar-refractivity contribution in [3.63, 3.8) is 0 Å². The van der Waals surface area contributed by atoms with Gasteiger partial charge in [-0.1, -0.05) is 36.4 Å². The third-order valence-electron chi connectivity index (χ3n) is 4.02. The molecule has 2 atom stereocenters. The van der Waals surface area contributed by atoms with E-state index in [0.717, 1.165) is 16.8 Å². The van der Waals surface area contributed by atoms with E-state index in [0.29, 0.717) is 5.75 Å². The lowest BCUT2D eigenvalue weighted by atomic mass is 10.0. The van der Waals surface area contributed by atoms with Gasteiger partial charge in [0.15, 0.2) is 6.10 Å². The molecule has 114 valence electrons. The fourth-order valence-electron chi connectivity index (χ4n) is 2.79. The lowest BCUT2D eigenvalue weighted by Gasteiger charge is -2.37. The third kappa shape index (κ3) is 2.46. The van der Waals surface area contributed by atoms with E-state index in [1.165, 1.54) is 0 Å². The van der Waals surface area contributed by atoms with Crippen molar-refractivity contribution >= 4 is 11.6 Å². The summed E-state index contributed by atoms with van der Waals surface area (Å²) in [4.78, 5) is 14.4. The van der Waals surface area contributed by atoms with Crippen LogP contribution in [0.25, 0.3) is 0 Å². The zero-order valence-corrected chi connectivity index (χ0v) is 12.7. The van der Waals surface area contributed by atoms with E-state index < -0.39 is 6.10 Å². The highest BCUT2D eigenvalue weighted by atomic mass is 16.5. The van der Waals surface area contributed by atoms with Crippen molar-refractivity contribution in [2.45, 2.75) is 32.6 Å². The van der Waals surface area contributed by atoms with Gasteiger partial charge in [-0.15, -0.1) is 0 Å². The molecule has 0 aromatic heterocycles. The van der Waals surface area contributed by atoms with Gasteiger partial charge in [0.2, 0.25) is 0 Å². The molecule has 3 rings (SSSR count). The topological polar surface area (TPSA) is 49.8 Å². The summed E-state index contributed by atoms with van der Waals surface area (Å²) in [6.07, 6.45) is -0.535. The molecule has 0 spiro atoms. The Morgan fingerprint density at radius 3 is 2.64 bits per heavy atom. The second-order valence-corrected chi connectivity index (χ2v) is 5.52. The highest BCUT2D eigenvalue weighted by Gasteiger charge is 2.35. The Labute approximate surface area is 130 Å². The highest BCUT2D eigenvalue weighted by Crippen LogP contribution is 2.39. The predicted octanol–water partition coefficient (Wildman–Crippen LogP) is 3.05. The van der Waals surface area contributed by atoms with Crippen LogP contribution < -0.4 is 9.64 Å². The van der Waals surface area contributed by atoms with Crippen LogP contribution in [0.2, 0.25) is 0 Å². The van der Waals surface area contributed by atoms with Crippen LogP contribution in [-0.2, 0) is 11.4 Å². The number of hydrogen-bond donors (Lipinski definition) is 1. The molecule has 1 aliphatic heterocycles. The number of ether oxygens (including phenoxy) is 1. The molecule has 1 heterocycles. The number of anilines is 1. The Balaban J connectivity index is 2.05. The van der Waals surface area contributed by atoms with Crippen molar-refractivity contribution < 1.29 is 14.6 Å². The summed E-state index contributed by atoms with van der Waals surface area (Å²) >= 11 is 0. The number of benzene rings is 2. The van der Waals surface area contributed by atoms with Crippen LogP contribution in [-0.4, -0.2) is 17.1 Å². The van der Waals surface area contributed by atoms with Gasteiger partial charge >= 0.3 is 0 Å². The lowest BCUT2D eigenvalue weighted by Crippen LogP contribution is -2.45. The number of amides is 1. The van der Waals surface area contributed by atoms with Crippen LogP contribution >= 0.6 is 0 Å². The maximum absolute atomic E-state index is 12.6. The molecule has 0 saturated heterocycles. The second kappa shape index (κ2) is 5.81. The third-order valence-corrected chi connectivity index (χ3v) is 4.02. The average molecular weight is 297 g/mol. The average Bonchev–Trinajstić information content (AvgIpc) is 2.56.